The number of nitrogens with zero attached hydrogens (tertiary/aromatic N) is 2. The molecule has 0 spiro atoms. The first-order chi connectivity index (χ1) is 19.3. The zero-order valence-electron chi connectivity index (χ0n) is 21.9. The average molecular weight is 535 g/mol. The lowest BCUT2D eigenvalue weighted by molar-refractivity contribution is -0.115. The third kappa shape index (κ3) is 6.14. The number of ether oxygens (including phenoxy) is 1. The van der Waals surface area contributed by atoms with E-state index < -0.39 is 11.9 Å². The quantitative estimate of drug-likeness (QED) is 0.153. The summed E-state index contributed by atoms with van der Waals surface area (Å²) in [4.78, 5) is 51.2. The van der Waals surface area contributed by atoms with Crippen LogP contribution in [0, 0.1) is 0 Å². The maximum Gasteiger partial charge on any atom is 0.337 e. The Morgan fingerprint density at radius 3 is 1.88 bits per heavy atom. The molecule has 4 rings (SSSR count). The molecule has 8 nitrogen and oxygen atoms in total. The molecular formula is C32H26N2O6. The Hall–Kier alpha value is -5.50. The number of esters is 1. The van der Waals surface area contributed by atoms with Crippen LogP contribution < -0.4 is 9.80 Å². The number of hydrogen-bond acceptors (Lipinski definition) is 5. The van der Waals surface area contributed by atoms with Crippen molar-refractivity contribution in [3.8, 4) is 0 Å². The van der Waals surface area contributed by atoms with E-state index in [-0.39, 0.29) is 11.5 Å². The van der Waals surface area contributed by atoms with Crippen molar-refractivity contribution >= 4 is 59.2 Å². The van der Waals surface area contributed by atoms with Crippen molar-refractivity contribution in [1.82, 2.24) is 0 Å². The second-order valence-electron chi connectivity index (χ2n) is 8.71. The van der Waals surface area contributed by atoms with Gasteiger partial charge in [-0.3, -0.25) is 19.4 Å². The SMILES string of the molecule is COC(=O)c1ccc(N(C(C)=O)c2ccc(N(C=O)c3ccc(/C=C/c4ccccc4)c(C(=O)O)c3)cc2)cc1. The average Bonchev–Trinajstić information content (AvgIpc) is 2.98. The van der Waals surface area contributed by atoms with Gasteiger partial charge in [-0.15, -0.1) is 0 Å². The molecule has 0 bridgehead atoms. The first-order valence-electron chi connectivity index (χ1n) is 12.3. The second kappa shape index (κ2) is 12.4. The normalized spacial score (nSPS) is 10.7. The van der Waals surface area contributed by atoms with Gasteiger partial charge in [0.05, 0.1) is 18.2 Å². The second-order valence-corrected chi connectivity index (χ2v) is 8.71. The molecule has 0 aliphatic heterocycles. The largest absolute Gasteiger partial charge is 0.478 e. The summed E-state index contributed by atoms with van der Waals surface area (Å²) in [5.74, 6) is -1.85. The lowest BCUT2D eigenvalue weighted by Gasteiger charge is -2.23. The highest BCUT2D eigenvalue weighted by atomic mass is 16.5. The molecule has 200 valence electrons. The standard InChI is InChI=1S/C32H26N2O6/c1-22(36)34(27-13-11-25(12-14-27)32(39)40-2)28-18-16-26(17-19-28)33(21-35)29-15-10-24(30(20-29)31(37)38)9-8-23-6-4-3-5-7-23/h3-21H,1-2H3,(H,37,38)/b9-8+. The zero-order chi connectivity index (χ0) is 28.6. The van der Waals surface area contributed by atoms with Gasteiger partial charge >= 0.3 is 11.9 Å². The number of methoxy groups -OCH3 is 1. The Kier molecular flexibility index (Phi) is 8.51. The van der Waals surface area contributed by atoms with Crippen LogP contribution >= 0.6 is 0 Å². The van der Waals surface area contributed by atoms with Crippen LogP contribution in [0.2, 0.25) is 0 Å². The number of carboxylic acids is 1. The first-order valence-corrected chi connectivity index (χ1v) is 12.3. The summed E-state index contributed by atoms with van der Waals surface area (Å²) in [5, 5.41) is 9.83. The van der Waals surface area contributed by atoms with Crippen LogP contribution in [0.25, 0.3) is 12.2 Å². The van der Waals surface area contributed by atoms with Gasteiger partial charge in [0.15, 0.2) is 0 Å². The van der Waals surface area contributed by atoms with E-state index >= 15 is 0 Å². The summed E-state index contributed by atoms with van der Waals surface area (Å²) in [7, 11) is 1.29. The molecule has 2 amide bonds. The molecule has 0 atom stereocenters. The molecule has 0 aliphatic rings. The summed E-state index contributed by atoms with van der Waals surface area (Å²) in [6.45, 7) is 1.42. The summed E-state index contributed by atoms with van der Waals surface area (Å²) >= 11 is 0. The fraction of sp³-hybridized carbons (Fsp3) is 0.0625. The van der Waals surface area contributed by atoms with E-state index in [1.165, 1.54) is 29.9 Å². The van der Waals surface area contributed by atoms with Gasteiger partial charge in [0, 0.05) is 29.7 Å². The number of aromatic carboxylic acids is 1. The van der Waals surface area contributed by atoms with Gasteiger partial charge in [0.25, 0.3) is 0 Å². The van der Waals surface area contributed by atoms with E-state index in [1.807, 2.05) is 36.4 Å². The first kappa shape index (κ1) is 27.5. The van der Waals surface area contributed by atoms with E-state index in [9.17, 15) is 24.3 Å². The minimum Gasteiger partial charge on any atom is -0.478 e. The molecule has 0 fully saturated rings. The third-order valence-corrected chi connectivity index (χ3v) is 6.15. The van der Waals surface area contributed by atoms with Crippen molar-refractivity contribution in [3.63, 3.8) is 0 Å². The third-order valence-electron chi connectivity index (χ3n) is 6.15. The Morgan fingerprint density at radius 2 is 1.32 bits per heavy atom. The van der Waals surface area contributed by atoms with E-state index in [2.05, 4.69) is 0 Å². The molecule has 0 saturated heterocycles. The minimum atomic E-state index is -1.12. The lowest BCUT2D eigenvalue weighted by atomic mass is 10.0. The summed E-state index contributed by atoms with van der Waals surface area (Å²) in [6.07, 6.45) is 4.14. The van der Waals surface area contributed by atoms with Crippen LogP contribution in [-0.2, 0) is 14.3 Å². The number of benzene rings is 4. The van der Waals surface area contributed by atoms with E-state index in [1.54, 1.807) is 66.7 Å². The predicted molar refractivity (Wildman–Crippen MR) is 154 cm³/mol. The zero-order valence-corrected chi connectivity index (χ0v) is 21.9. The van der Waals surface area contributed by atoms with Crippen LogP contribution in [0.15, 0.2) is 97.1 Å². The Morgan fingerprint density at radius 1 is 0.750 bits per heavy atom. The predicted octanol–water partition coefficient (Wildman–Crippen LogP) is 6.32. The number of carboxylic acid groups (broad SMARTS) is 1. The molecule has 4 aromatic carbocycles. The summed E-state index contributed by atoms with van der Waals surface area (Å²) < 4.78 is 4.72. The monoisotopic (exact) mass is 534 g/mol. The maximum absolute atomic E-state index is 12.5. The van der Waals surface area contributed by atoms with Gasteiger partial charge in [0.1, 0.15) is 0 Å². The number of carbonyl (C=O) groups excluding carboxylic acids is 3. The molecule has 0 aromatic heterocycles. The lowest BCUT2D eigenvalue weighted by Crippen LogP contribution is -2.23. The summed E-state index contributed by atoms with van der Waals surface area (Å²) in [6, 6.07) is 27.4. The van der Waals surface area contributed by atoms with Gasteiger partial charge in [-0.05, 0) is 71.8 Å². The molecule has 8 heteroatoms. The molecule has 0 aliphatic carbocycles. The molecule has 4 aromatic rings. The molecule has 1 N–H and O–H groups in total. The number of rotatable bonds is 9. The molecular weight excluding hydrogens is 508 g/mol. The van der Waals surface area contributed by atoms with Gasteiger partial charge in [0.2, 0.25) is 12.3 Å². The van der Waals surface area contributed by atoms with Crippen LogP contribution in [-0.4, -0.2) is 36.5 Å². The van der Waals surface area contributed by atoms with Crippen LogP contribution in [0.3, 0.4) is 0 Å². The van der Waals surface area contributed by atoms with Crippen molar-refractivity contribution < 1.29 is 29.0 Å². The van der Waals surface area contributed by atoms with Crippen molar-refractivity contribution in [2.45, 2.75) is 6.92 Å². The van der Waals surface area contributed by atoms with Crippen molar-refractivity contribution in [3.05, 3.63) is 119 Å². The Balaban J connectivity index is 1.62. The van der Waals surface area contributed by atoms with Crippen LogP contribution in [0.1, 0.15) is 38.8 Å². The van der Waals surface area contributed by atoms with E-state index in [0.29, 0.717) is 40.3 Å². The van der Waals surface area contributed by atoms with Gasteiger partial charge in [-0.1, -0.05) is 48.6 Å². The number of anilines is 4. The molecule has 40 heavy (non-hydrogen) atoms. The molecule has 0 radical (unpaired) electrons. The highest BCUT2D eigenvalue weighted by Crippen LogP contribution is 2.31. The fourth-order valence-electron chi connectivity index (χ4n) is 4.19. The highest BCUT2D eigenvalue weighted by molar-refractivity contribution is 6.00. The van der Waals surface area contributed by atoms with Crippen LogP contribution in [0.4, 0.5) is 22.7 Å². The molecule has 0 saturated carbocycles. The fourth-order valence-corrected chi connectivity index (χ4v) is 4.19. The number of hydrogen-bond donors (Lipinski definition) is 1. The smallest absolute Gasteiger partial charge is 0.337 e. The van der Waals surface area contributed by atoms with E-state index in [4.69, 9.17) is 4.74 Å². The summed E-state index contributed by atoms with van der Waals surface area (Å²) in [5.41, 5.74) is 3.77. The van der Waals surface area contributed by atoms with E-state index in [0.717, 1.165) is 5.56 Å². The van der Waals surface area contributed by atoms with Gasteiger partial charge in [-0.2, -0.15) is 0 Å². The minimum absolute atomic E-state index is 0.0475. The van der Waals surface area contributed by atoms with Crippen LogP contribution in [0.5, 0.6) is 0 Å². The molecule has 0 heterocycles. The maximum atomic E-state index is 12.5. The Labute approximate surface area is 231 Å². The van der Waals surface area contributed by atoms with Gasteiger partial charge < -0.3 is 9.84 Å². The number of amides is 2. The highest BCUT2D eigenvalue weighted by Gasteiger charge is 2.18. The Bertz CT molecular complexity index is 1560. The van der Waals surface area contributed by atoms with Crippen molar-refractivity contribution in [2.75, 3.05) is 16.9 Å². The topological polar surface area (TPSA) is 104 Å². The number of carbonyl (C=O) groups is 4. The van der Waals surface area contributed by atoms with Gasteiger partial charge in [-0.25, -0.2) is 9.59 Å². The molecule has 0 unspecified atom stereocenters. The van der Waals surface area contributed by atoms with Crippen molar-refractivity contribution in [2.24, 2.45) is 0 Å². The van der Waals surface area contributed by atoms with Crippen molar-refractivity contribution in [1.29, 1.82) is 0 Å².